The Morgan fingerprint density at radius 1 is 0.958 bits per heavy atom. The Bertz CT molecular complexity index is 857. The first kappa shape index (κ1) is 16.2. The first-order valence-electron chi connectivity index (χ1n) is 8.13. The molecule has 3 aromatic carbocycles. The van der Waals surface area contributed by atoms with Crippen LogP contribution in [0.3, 0.4) is 0 Å². The highest BCUT2D eigenvalue weighted by Crippen LogP contribution is 2.18. The number of benzene rings is 3. The first-order valence-corrected chi connectivity index (χ1v) is 8.13. The molecule has 24 heavy (non-hydrogen) atoms. The molecule has 0 aliphatic carbocycles. The van der Waals surface area contributed by atoms with Crippen LogP contribution in [-0.2, 0) is 11.3 Å². The van der Waals surface area contributed by atoms with Gasteiger partial charge in [-0.15, -0.1) is 0 Å². The van der Waals surface area contributed by atoms with Crippen LogP contribution >= 0.6 is 0 Å². The second-order valence-corrected chi connectivity index (χ2v) is 6.21. The summed E-state index contributed by atoms with van der Waals surface area (Å²) in [6, 6.07) is 22.4. The number of nitrogens with one attached hydrogen (secondary N) is 1. The van der Waals surface area contributed by atoms with Crippen LogP contribution < -0.4 is 5.32 Å². The van der Waals surface area contributed by atoms with Gasteiger partial charge in [-0.2, -0.15) is 0 Å². The Morgan fingerprint density at radius 2 is 1.67 bits per heavy atom. The first-order chi connectivity index (χ1) is 11.6. The molecule has 0 saturated heterocycles. The number of rotatable bonds is 5. The zero-order valence-corrected chi connectivity index (χ0v) is 14.1. The molecule has 0 aliphatic heterocycles. The molecule has 3 heteroatoms. The topological polar surface area (TPSA) is 32.3 Å². The molecule has 0 atom stereocenters. The van der Waals surface area contributed by atoms with Crippen molar-refractivity contribution in [1.29, 1.82) is 0 Å². The summed E-state index contributed by atoms with van der Waals surface area (Å²) in [6.45, 7) is 3.22. The molecule has 0 bridgehead atoms. The van der Waals surface area contributed by atoms with E-state index < -0.39 is 0 Å². The average molecular weight is 318 g/mol. The molecule has 0 unspecified atom stereocenters. The Morgan fingerprint density at radius 3 is 2.46 bits per heavy atom. The molecule has 0 saturated carbocycles. The predicted molar refractivity (Wildman–Crippen MR) is 100 cm³/mol. The quantitative estimate of drug-likeness (QED) is 0.764. The molecule has 0 fully saturated rings. The van der Waals surface area contributed by atoms with E-state index in [-0.39, 0.29) is 5.91 Å². The Labute approximate surface area is 142 Å². The highest BCUT2D eigenvalue weighted by atomic mass is 16.2. The summed E-state index contributed by atoms with van der Waals surface area (Å²) in [5.41, 5.74) is 3.33. The molecule has 0 heterocycles. The highest BCUT2D eigenvalue weighted by molar-refractivity contribution is 5.95. The predicted octanol–water partition coefficient (Wildman–Crippen LogP) is 4.22. The number of hydrogen-bond acceptors (Lipinski definition) is 2. The van der Waals surface area contributed by atoms with Gasteiger partial charge in [0.1, 0.15) is 0 Å². The molecule has 0 aromatic heterocycles. The maximum Gasteiger partial charge on any atom is 0.238 e. The van der Waals surface area contributed by atoms with E-state index in [1.807, 2.05) is 54.4 Å². The molecule has 0 aliphatic rings. The van der Waals surface area contributed by atoms with Gasteiger partial charge in [0.05, 0.1) is 6.54 Å². The molecular weight excluding hydrogens is 296 g/mol. The van der Waals surface area contributed by atoms with Gasteiger partial charge in [-0.05, 0) is 48.0 Å². The van der Waals surface area contributed by atoms with Crippen LogP contribution in [0.2, 0.25) is 0 Å². The van der Waals surface area contributed by atoms with Crippen LogP contribution in [0.4, 0.5) is 5.69 Å². The number of hydrogen-bond donors (Lipinski definition) is 1. The summed E-state index contributed by atoms with van der Waals surface area (Å²) in [4.78, 5) is 14.3. The number of nitrogens with zero attached hydrogens (tertiary/aromatic N) is 1. The van der Waals surface area contributed by atoms with Crippen LogP contribution in [0.25, 0.3) is 10.8 Å². The zero-order chi connectivity index (χ0) is 16.9. The van der Waals surface area contributed by atoms with Crippen molar-refractivity contribution in [2.75, 3.05) is 18.9 Å². The Balaban J connectivity index is 1.61. The zero-order valence-electron chi connectivity index (χ0n) is 14.1. The lowest BCUT2D eigenvalue weighted by Crippen LogP contribution is -2.30. The third kappa shape index (κ3) is 4.00. The van der Waals surface area contributed by atoms with Gasteiger partial charge < -0.3 is 5.32 Å². The van der Waals surface area contributed by atoms with Crippen molar-refractivity contribution >= 4 is 22.4 Å². The number of anilines is 1. The second kappa shape index (κ2) is 7.28. The lowest BCUT2D eigenvalue weighted by Gasteiger charge is -2.17. The maximum atomic E-state index is 12.3. The molecule has 3 nitrogen and oxygen atoms in total. The number of carbonyl (C=O) groups excluding carboxylic acids is 1. The SMILES string of the molecule is Cc1ccccc1CN(C)CC(=O)Nc1ccc2ccccc2c1. The van der Waals surface area contributed by atoms with Gasteiger partial charge in [-0.25, -0.2) is 0 Å². The minimum Gasteiger partial charge on any atom is -0.325 e. The fraction of sp³-hybridized carbons (Fsp3) is 0.190. The van der Waals surface area contributed by atoms with Gasteiger partial charge in [0.15, 0.2) is 0 Å². The normalized spacial score (nSPS) is 11.0. The van der Waals surface area contributed by atoms with Crippen molar-refractivity contribution in [1.82, 2.24) is 4.90 Å². The third-order valence-corrected chi connectivity index (χ3v) is 4.15. The van der Waals surface area contributed by atoms with Crippen molar-refractivity contribution in [2.45, 2.75) is 13.5 Å². The summed E-state index contributed by atoms with van der Waals surface area (Å²) in [7, 11) is 1.96. The molecular formula is C21H22N2O. The summed E-state index contributed by atoms with van der Waals surface area (Å²) in [6.07, 6.45) is 0. The molecule has 3 rings (SSSR count). The highest BCUT2D eigenvalue weighted by Gasteiger charge is 2.09. The minimum atomic E-state index is 0.00126. The van der Waals surface area contributed by atoms with Gasteiger partial charge in [0.2, 0.25) is 5.91 Å². The van der Waals surface area contributed by atoms with Crippen molar-refractivity contribution in [3.05, 3.63) is 77.9 Å². The lowest BCUT2D eigenvalue weighted by atomic mass is 10.1. The lowest BCUT2D eigenvalue weighted by molar-refractivity contribution is -0.117. The third-order valence-electron chi connectivity index (χ3n) is 4.15. The Kier molecular flexibility index (Phi) is 4.92. The fourth-order valence-electron chi connectivity index (χ4n) is 2.85. The second-order valence-electron chi connectivity index (χ2n) is 6.21. The maximum absolute atomic E-state index is 12.3. The van der Waals surface area contributed by atoms with Gasteiger partial charge >= 0.3 is 0 Å². The van der Waals surface area contributed by atoms with Gasteiger partial charge in [0.25, 0.3) is 0 Å². The van der Waals surface area contributed by atoms with E-state index in [0.717, 1.165) is 17.6 Å². The van der Waals surface area contributed by atoms with Crippen molar-refractivity contribution < 1.29 is 4.79 Å². The molecule has 1 amide bonds. The van der Waals surface area contributed by atoms with E-state index in [4.69, 9.17) is 0 Å². The van der Waals surface area contributed by atoms with Crippen molar-refractivity contribution in [3.63, 3.8) is 0 Å². The summed E-state index contributed by atoms with van der Waals surface area (Å²) in [5, 5.41) is 5.29. The smallest absolute Gasteiger partial charge is 0.238 e. The van der Waals surface area contributed by atoms with E-state index in [1.54, 1.807) is 0 Å². The van der Waals surface area contributed by atoms with E-state index in [2.05, 4.69) is 36.5 Å². The standard InChI is InChI=1S/C21H22N2O/c1-16-7-3-4-10-19(16)14-23(2)15-21(24)22-20-12-11-17-8-5-6-9-18(17)13-20/h3-13H,14-15H2,1-2H3,(H,22,24). The largest absolute Gasteiger partial charge is 0.325 e. The van der Waals surface area contributed by atoms with E-state index in [1.165, 1.54) is 16.5 Å². The summed E-state index contributed by atoms with van der Waals surface area (Å²) >= 11 is 0. The number of carbonyl (C=O) groups is 1. The van der Waals surface area contributed by atoms with Gasteiger partial charge in [-0.3, -0.25) is 9.69 Å². The molecule has 122 valence electrons. The summed E-state index contributed by atoms with van der Waals surface area (Å²) < 4.78 is 0. The minimum absolute atomic E-state index is 0.00126. The Hall–Kier alpha value is -2.65. The summed E-state index contributed by atoms with van der Waals surface area (Å²) in [5.74, 6) is 0.00126. The van der Waals surface area contributed by atoms with Gasteiger partial charge in [-0.1, -0.05) is 54.6 Å². The van der Waals surface area contributed by atoms with Crippen LogP contribution in [0, 0.1) is 6.92 Å². The molecule has 3 aromatic rings. The number of fused-ring (bicyclic) bond motifs is 1. The van der Waals surface area contributed by atoms with E-state index >= 15 is 0 Å². The van der Waals surface area contributed by atoms with Crippen LogP contribution in [-0.4, -0.2) is 24.4 Å². The fourth-order valence-corrected chi connectivity index (χ4v) is 2.85. The number of likely N-dealkylation sites (N-methyl/N-ethyl adjacent to an activating group) is 1. The monoisotopic (exact) mass is 318 g/mol. The van der Waals surface area contributed by atoms with E-state index in [0.29, 0.717) is 6.54 Å². The average Bonchev–Trinajstić information content (AvgIpc) is 2.56. The van der Waals surface area contributed by atoms with Gasteiger partial charge in [0, 0.05) is 12.2 Å². The number of amides is 1. The molecule has 0 radical (unpaired) electrons. The van der Waals surface area contributed by atoms with Crippen molar-refractivity contribution in [2.24, 2.45) is 0 Å². The van der Waals surface area contributed by atoms with E-state index in [9.17, 15) is 4.79 Å². The molecule has 0 spiro atoms. The number of aryl methyl sites for hydroxylation is 1. The van der Waals surface area contributed by atoms with Crippen LogP contribution in [0.15, 0.2) is 66.7 Å². The molecule has 1 N–H and O–H groups in total. The van der Waals surface area contributed by atoms with Crippen LogP contribution in [0.1, 0.15) is 11.1 Å². The van der Waals surface area contributed by atoms with Crippen LogP contribution in [0.5, 0.6) is 0 Å². The van der Waals surface area contributed by atoms with Crippen molar-refractivity contribution in [3.8, 4) is 0 Å².